The van der Waals surface area contributed by atoms with E-state index in [2.05, 4.69) is 21.1 Å². The van der Waals surface area contributed by atoms with Crippen molar-refractivity contribution in [3.63, 3.8) is 0 Å². The minimum atomic E-state index is -0.940. The molecule has 3 fully saturated rings. The van der Waals surface area contributed by atoms with Gasteiger partial charge in [0.1, 0.15) is 11.6 Å². The molecule has 0 aromatic heterocycles. The van der Waals surface area contributed by atoms with Crippen LogP contribution in [0, 0.1) is 10.7 Å². The number of nitrogens with zero attached hydrogens (tertiary/aromatic N) is 1. The molecule has 0 heterocycles. The fraction of sp³-hybridized carbons (Fsp3) is 0.619. The lowest BCUT2D eigenvalue weighted by atomic mass is 9.71. The lowest BCUT2D eigenvalue weighted by Crippen LogP contribution is -2.65. The number of nitrogens with one attached hydrogen (secondary N) is 3. The summed E-state index contributed by atoms with van der Waals surface area (Å²) in [6.07, 6.45) is 3.78. The van der Waals surface area contributed by atoms with Crippen molar-refractivity contribution >= 4 is 23.4 Å². The van der Waals surface area contributed by atoms with Gasteiger partial charge in [-0.25, -0.2) is 4.39 Å². The molecule has 10 heteroatoms. The number of amides is 2. The highest BCUT2D eigenvalue weighted by Gasteiger charge is 2.62. The second kappa shape index (κ2) is 9.48. The van der Waals surface area contributed by atoms with Gasteiger partial charge in [0.05, 0.1) is 5.02 Å². The van der Waals surface area contributed by atoms with E-state index < -0.39 is 17.4 Å². The van der Waals surface area contributed by atoms with Gasteiger partial charge in [-0.1, -0.05) is 23.7 Å². The summed E-state index contributed by atoms with van der Waals surface area (Å²) in [7, 11) is 1.79. The first-order valence-electron chi connectivity index (χ1n) is 10.4. The molecule has 0 radical (unpaired) electrons. The maximum absolute atomic E-state index is 13.5. The van der Waals surface area contributed by atoms with Gasteiger partial charge in [0.25, 0.3) is 5.91 Å². The van der Waals surface area contributed by atoms with Gasteiger partial charge in [-0.2, -0.15) is 0 Å². The highest BCUT2D eigenvalue weighted by Crippen LogP contribution is 2.55. The molecule has 0 aliphatic heterocycles. The van der Waals surface area contributed by atoms with Gasteiger partial charge in [-0.3, -0.25) is 9.59 Å². The van der Waals surface area contributed by atoms with E-state index >= 15 is 0 Å². The summed E-state index contributed by atoms with van der Waals surface area (Å²) in [5, 5.41) is 12.1. The molecule has 170 valence electrons. The third kappa shape index (κ3) is 5.33. The van der Waals surface area contributed by atoms with Gasteiger partial charge in [-0.15, -0.1) is 4.91 Å². The third-order valence-corrected chi connectivity index (χ3v) is 6.63. The van der Waals surface area contributed by atoms with Crippen LogP contribution in [0.4, 0.5) is 4.39 Å². The van der Waals surface area contributed by atoms with E-state index in [1.54, 1.807) is 7.05 Å². The second-order valence-electron chi connectivity index (χ2n) is 8.57. The van der Waals surface area contributed by atoms with Crippen LogP contribution in [-0.2, 0) is 9.59 Å². The van der Waals surface area contributed by atoms with Crippen LogP contribution < -0.4 is 20.7 Å². The molecule has 2 bridgehead atoms. The zero-order chi connectivity index (χ0) is 22.6. The van der Waals surface area contributed by atoms with Crippen LogP contribution in [0.15, 0.2) is 23.4 Å². The molecule has 31 heavy (non-hydrogen) atoms. The maximum Gasteiger partial charge on any atom is 0.258 e. The van der Waals surface area contributed by atoms with Crippen molar-refractivity contribution in [3.8, 4) is 5.75 Å². The van der Waals surface area contributed by atoms with Crippen molar-refractivity contribution in [2.75, 3.05) is 13.7 Å². The maximum atomic E-state index is 13.5. The third-order valence-electron chi connectivity index (χ3n) is 6.33. The van der Waals surface area contributed by atoms with Crippen LogP contribution in [0.1, 0.15) is 45.4 Å². The first-order chi connectivity index (χ1) is 14.7. The van der Waals surface area contributed by atoms with E-state index in [1.165, 1.54) is 12.1 Å². The highest BCUT2D eigenvalue weighted by molar-refractivity contribution is 6.30. The van der Waals surface area contributed by atoms with Crippen molar-refractivity contribution in [2.24, 2.45) is 5.18 Å². The molecule has 2 unspecified atom stereocenters. The van der Waals surface area contributed by atoms with E-state index in [1.807, 2.05) is 6.92 Å². The average Bonchev–Trinajstić information content (AvgIpc) is 3.24. The van der Waals surface area contributed by atoms with Crippen molar-refractivity contribution in [3.05, 3.63) is 33.9 Å². The Hall–Kier alpha value is -2.26. The molecule has 0 saturated heterocycles. The van der Waals surface area contributed by atoms with Crippen molar-refractivity contribution in [1.82, 2.24) is 16.0 Å². The molecule has 1 aromatic rings. The smallest absolute Gasteiger partial charge is 0.258 e. The Morgan fingerprint density at radius 3 is 2.52 bits per heavy atom. The van der Waals surface area contributed by atoms with Crippen LogP contribution in [0.25, 0.3) is 0 Å². The number of halogens is 2. The summed E-state index contributed by atoms with van der Waals surface area (Å²) in [4.78, 5) is 36.1. The number of hydrogen-bond acceptors (Lipinski definition) is 6. The molecule has 3 N–H and O–H groups in total. The molecule has 2 atom stereocenters. The van der Waals surface area contributed by atoms with E-state index in [4.69, 9.17) is 16.3 Å². The van der Waals surface area contributed by atoms with Gasteiger partial charge in [-0.05, 0) is 57.7 Å². The van der Waals surface area contributed by atoms with Gasteiger partial charge in [0.15, 0.2) is 12.6 Å². The summed E-state index contributed by atoms with van der Waals surface area (Å²) in [6, 6.07) is 3.09. The number of ether oxygens (including phenoxy) is 1. The van der Waals surface area contributed by atoms with Crippen LogP contribution >= 0.6 is 11.6 Å². The average molecular weight is 455 g/mol. The predicted octanol–water partition coefficient (Wildman–Crippen LogP) is 2.68. The molecule has 3 aliphatic rings. The first kappa shape index (κ1) is 23.4. The number of carbonyl (C=O) groups is 2. The lowest BCUT2D eigenvalue weighted by molar-refractivity contribution is -0.127. The standard InChI is InChI=1S/C21H28ClFN4O4/c1-3-13(24-2)8-17(27-30)19(29)26-21-7-6-20(11-21,12-21)25-18(28)10-31-14-4-5-15(22)16(23)9-14/h4-5,9,13,17,24H,3,6-8,10-12H2,1-2H3,(H,25,28)(H,26,29). The largest absolute Gasteiger partial charge is 0.484 e. The van der Waals surface area contributed by atoms with Gasteiger partial charge >= 0.3 is 0 Å². The Balaban J connectivity index is 1.48. The quantitative estimate of drug-likeness (QED) is 0.445. The van der Waals surface area contributed by atoms with E-state index in [0.717, 1.165) is 25.3 Å². The topological polar surface area (TPSA) is 109 Å². The van der Waals surface area contributed by atoms with Gasteiger partial charge in [0, 0.05) is 23.2 Å². The number of nitroso groups, excluding NO2 is 1. The van der Waals surface area contributed by atoms with Crippen molar-refractivity contribution in [1.29, 1.82) is 0 Å². The highest BCUT2D eigenvalue weighted by atomic mass is 35.5. The summed E-state index contributed by atoms with van der Waals surface area (Å²) in [5.41, 5.74) is -0.797. The van der Waals surface area contributed by atoms with Crippen molar-refractivity contribution in [2.45, 2.75) is 68.6 Å². The molecular formula is C21H28ClFN4O4. The number of rotatable bonds is 11. The SMILES string of the molecule is CCC(CC(N=O)C(=O)NC12CCC(NC(=O)COc3ccc(Cl)c(F)c3)(C1)C2)NC. The Morgan fingerprint density at radius 2 is 1.94 bits per heavy atom. The summed E-state index contributed by atoms with van der Waals surface area (Å²) >= 11 is 5.63. The molecule has 3 aliphatic carbocycles. The monoisotopic (exact) mass is 454 g/mol. The zero-order valence-electron chi connectivity index (χ0n) is 17.7. The number of hydrogen-bond donors (Lipinski definition) is 3. The molecule has 4 rings (SSSR count). The fourth-order valence-electron chi connectivity index (χ4n) is 4.73. The van der Waals surface area contributed by atoms with E-state index in [-0.39, 0.29) is 40.8 Å². The Labute approximate surface area is 185 Å². The number of benzene rings is 1. The van der Waals surface area contributed by atoms with Crippen molar-refractivity contribution < 1.29 is 18.7 Å². The molecule has 8 nitrogen and oxygen atoms in total. The van der Waals surface area contributed by atoms with Crippen LogP contribution in [-0.4, -0.2) is 48.6 Å². The second-order valence-corrected chi connectivity index (χ2v) is 8.97. The lowest BCUT2D eigenvalue weighted by Gasteiger charge is -2.48. The zero-order valence-corrected chi connectivity index (χ0v) is 18.4. The molecule has 1 aromatic carbocycles. The Morgan fingerprint density at radius 1 is 1.26 bits per heavy atom. The Bertz CT molecular complexity index is 843. The summed E-state index contributed by atoms with van der Waals surface area (Å²) in [6.45, 7) is 1.73. The van der Waals surface area contributed by atoms with Gasteiger partial charge in [0.2, 0.25) is 5.91 Å². The van der Waals surface area contributed by atoms with Gasteiger partial charge < -0.3 is 20.7 Å². The number of carbonyl (C=O) groups excluding carboxylic acids is 2. The minimum absolute atomic E-state index is 0.0160. The van der Waals surface area contributed by atoms with Crippen LogP contribution in [0.3, 0.4) is 0 Å². The van der Waals surface area contributed by atoms with Crippen LogP contribution in [0.2, 0.25) is 5.02 Å². The molecule has 0 spiro atoms. The Kier molecular flexibility index (Phi) is 7.16. The van der Waals surface area contributed by atoms with Crippen LogP contribution in [0.5, 0.6) is 5.75 Å². The number of fused-ring (bicyclic) bond motifs is 1. The first-order valence-corrected chi connectivity index (χ1v) is 10.8. The van der Waals surface area contributed by atoms with E-state index in [0.29, 0.717) is 19.3 Å². The normalized spacial score (nSPS) is 25.8. The summed E-state index contributed by atoms with van der Waals surface area (Å²) in [5.74, 6) is -1.07. The summed E-state index contributed by atoms with van der Waals surface area (Å²) < 4.78 is 18.8. The minimum Gasteiger partial charge on any atom is -0.484 e. The molecular weight excluding hydrogens is 427 g/mol. The molecule has 2 amide bonds. The predicted molar refractivity (Wildman–Crippen MR) is 114 cm³/mol. The van der Waals surface area contributed by atoms with E-state index in [9.17, 15) is 18.9 Å². The molecule has 3 saturated carbocycles. The fourth-order valence-corrected chi connectivity index (χ4v) is 4.84.